The number of carbonyl (C=O) groups excluding carboxylic acids is 3. The van der Waals surface area contributed by atoms with Crippen molar-refractivity contribution >= 4 is 55.3 Å². The van der Waals surface area contributed by atoms with E-state index in [9.17, 15) is 36.0 Å². The Labute approximate surface area is 229 Å². The molecular weight excluding hydrogens is 581 g/mol. The predicted octanol–water partition coefficient (Wildman–Crippen LogP) is 4.45. The number of rotatable bonds is 10. The van der Waals surface area contributed by atoms with Crippen molar-refractivity contribution in [3.63, 3.8) is 0 Å². The van der Waals surface area contributed by atoms with E-state index in [2.05, 4.69) is 15.3 Å². The van der Waals surface area contributed by atoms with E-state index in [0.717, 1.165) is 22.7 Å². The number of nitrogens with zero attached hydrogens (tertiary/aromatic N) is 2. The maximum absolute atomic E-state index is 13.4. The zero-order chi connectivity index (χ0) is 29.1. The third-order valence-corrected chi connectivity index (χ3v) is 8.71. The Balaban J connectivity index is 1.77. The van der Waals surface area contributed by atoms with Gasteiger partial charge in [-0.3, -0.25) is 9.59 Å². The van der Waals surface area contributed by atoms with Crippen LogP contribution in [0.3, 0.4) is 0 Å². The summed E-state index contributed by atoms with van der Waals surface area (Å²) in [6, 6.07) is 3.75. The molecule has 210 valence electrons. The first kappa shape index (κ1) is 30.2. The first-order chi connectivity index (χ1) is 18.1. The van der Waals surface area contributed by atoms with Gasteiger partial charge in [0.15, 0.2) is 0 Å². The molecule has 3 aromatic heterocycles. The summed E-state index contributed by atoms with van der Waals surface area (Å²) in [5.74, 6) is -3.02. The number of thiophene rings is 2. The minimum absolute atomic E-state index is 0.00149. The molecule has 0 radical (unpaired) electrons. The Hall–Kier alpha value is -3.37. The first-order valence-electron chi connectivity index (χ1n) is 11.3. The highest BCUT2D eigenvalue weighted by Crippen LogP contribution is 2.34. The quantitative estimate of drug-likeness (QED) is 0.254. The van der Waals surface area contributed by atoms with Gasteiger partial charge in [-0.15, -0.1) is 22.7 Å². The zero-order valence-electron chi connectivity index (χ0n) is 20.8. The van der Waals surface area contributed by atoms with E-state index in [4.69, 9.17) is 10.5 Å². The van der Waals surface area contributed by atoms with Crippen LogP contribution in [0.5, 0.6) is 0 Å². The van der Waals surface area contributed by atoms with Crippen LogP contribution in [0.25, 0.3) is 10.6 Å². The first-order valence-corrected chi connectivity index (χ1v) is 14.6. The molecule has 3 aromatic rings. The number of hydrogen-bond acceptors (Lipinski definition) is 10. The summed E-state index contributed by atoms with van der Waals surface area (Å²) in [4.78, 5) is 44.3. The second-order valence-electron chi connectivity index (χ2n) is 8.45. The Morgan fingerprint density at radius 3 is 2.46 bits per heavy atom. The second kappa shape index (κ2) is 11.8. The molecule has 0 aliphatic rings. The number of hydrogen-bond donors (Lipinski definition) is 2. The highest BCUT2D eigenvalue weighted by atomic mass is 32.2. The number of carbonyl (C=O) groups is 3. The zero-order valence-corrected chi connectivity index (χ0v) is 23.2. The molecule has 39 heavy (non-hydrogen) atoms. The molecular formula is C23H23F3N4O6S3. The van der Waals surface area contributed by atoms with E-state index >= 15 is 0 Å². The number of ether oxygens (including phenoxy) is 1. The molecule has 16 heteroatoms. The molecule has 0 fully saturated rings. The number of sulfone groups is 1. The van der Waals surface area contributed by atoms with Crippen molar-refractivity contribution in [1.29, 1.82) is 0 Å². The molecule has 3 N–H and O–H groups in total. The number of halogens is 3. The monoisotopic (exact) mass is 604 g/mol. The molecule has 0 saturated heterocycles. The fourth-order valence-corrected chi connectivity index (χ4v) is 6.25. The number of anilines is 1. The van der Waals surface area contributed by atoms with E-state index in [1.54, 1.807) is 25.3 Å². The van der Waals surface area contributed by atoms with E-state index in [1.165, 1.54) is 13.0 Å². The average Bonchev–Trinajstić information content (AvgIpc) is 3.46. The van der Waals surface area contributed by atoms with Gasteiger partial charge in [0.05, 0.1) is 32.9 Å². The summed E-state index contributed by atoms with van der Waals surface area (Å²) in [5.41, 5.74) is 3.92. The van der Waals surface area contributed by atoms with Crippen LogP contribution in [0, 0.1) is 6.92 Å². The highest BCUT2D eigenvalue weighted by molar-refractivity contribution is 7.91. The van der Waals surface area contributed by atoms with Crippen molar-refractivity contribution < 1.29 is 40.7 Å². The van der Waals surface area contributed by atoms with Crippen LogP contribution < -0.4 is 11.1 Å². The summed E-state index contributed by atoms with van der Waals surface area (Å²) in [6.07, 6.45) is -6.06. The van der Waals surface area contributed by atoms with Crippen LogP contribution in [0.15, 0.2) is 28.7 Å². The summed E-state index contributed by atoms with van der Waals surface area (Å²) in [6.45, 7) is 4.70. The van der Waals surface area contributed by atoms with Crippen LogP contribution >= 0.6 is 22.7 Å². The number of amides is 2. The Bertz CT molecular complexity index is 1500. The number of aromatic nitrogens is 2. The van der Waals surface area contributed by atoms with Gasteiger partial charge in [-0.25, -0.2) is 23.2 Å². The third-order valence-electron chi connectivity index (χ3n) is 5.04. The molecule has 0 unspecified atom stereocenters. The van der Waals surface area contributed by atoms with Crippen LogP contribution in [-0.2, 0) is 25.5 Å². The summed E-state index contributed by atoms with van der Waals surface area (Å²) >= 11 is 1.85. The van der Waals surface area contributed by atoms with Gasteiger partial charge in [0.2, 0.25) is 20.9 Å². The van der Waals surface area contributed by atoms with Crippen molar-refractivity contribution in [1.82, 2.24) is 9.97 Å². The number of primary amides is 1. The van der Waals surface area contributed by atoms with Crippen LogP contribution in [0.2, 0.25) is 0 Å². The average molecular weight is 605 g/mol. The Morgan fingerprint density at radius 2 is 1.90 bits per heavy atom. The topological polar surface area (TPSA) is 158 Å². The van der Waals surface area contributed by atoms with Gasteiger partial charge in [0, 0.05) is 6.42 Å². The Kier molecular flexibility index (Phi) is 9.12. The van der Waals surface area contributed by atoms with Gasteiger partial charge in [-0.2, -0.15) is 13.2 Å². The SMILES string of the molecule is Cc1c(C(N)=O)sc(NC(=O)CCCS(=O)(=O)c2nc(-c3cccs3)cc(C(F)(F)F)n2)c1C(=O)OC(C)C. The molecule has 0 aliphatic carbocycles. The van der Waals surface area contributed by atoms with E-state index < -0.39 is 56.5 Å². The van der Waals surface area contributed by atoms with Crippen molar-refractivity contribution in [2.75, 3.05) is 11.1 Å². The minimum atomic E-state index is -4.91. The fraction of sp³-hybridized carbons (Fsp3) is 0.348. The van der Waals surface area contributed by atoms with Gasteiger partial charge in [0.1, 0.15) is 10.7 Å². The van der Waals surface area contributed by atoms with Gasteiger partial charge in [0.25, 0.3) is 5.91 Å². The second-order valence-corrected chi connectivity index (χ2v) is 12.4. The summed E-state index contributed by atoms with van der Waals surface area (Å²) in [7, 11) is -4.40. The lowest BCUT2D eigenvalue weighted by Crippen LogP contribution is -2.19. The lowest BCUT2D eigenvalue weighted by atomic mass is 10.1. The maximum atomic E-state index is 13.4. The minimum Gasteiger partial charge on any atom is -0.459 e. The van der Waals surface area contributed by atoms with E-state index in [-0.39, 0.29) is 39.5 Å². The summed E-state index contributed by atoms with van der Waals surface area (Å²) in [5, 5.41) is 3.07. The smallest absolute Gasteiger partial charge is 0.433 e. The van der Waals surface area contributed by atoms with Crippen molar-refractivity contribution in [3.8, 4) is 10.6 Å². The number of nitrogens with two attached hydrogens (primary N) is 1. The van der Waals surface area contributed by atoms with Crippen molar-refractivity contribution in [2.45, 2.75) is 51.0 Å². The highest BCUT2D eigenvalue weighted by Gasteiger charge is 2.35. The lowest BCUT2D eigenvalue weighted by molar-refractivity contribution is -0.141. The van der Waals surface area contributed by atoms with Crippen LogP contribution in [-0.4, -0.2) is 48.0 Å². The Morgan fingerprint density at radius 1 is 1.21 bits per heavy atom. The molecule has 0 aromatic carbocycles. The fourth-order valence-electron chi connectivity index (χ4n) is 3.32. The molecule has 2 amide bonds. The molecule has 0 atom stereocenters. The summed E-state index contributed by atoms with van der Waals surface area (Å²) < 4.78 is 70.9. The van der Waals surface area contributed by atoms with Crippen LogP contribution in [0.1, 0.15) is 58.0 Å². The number of nitrogens with one attached hydrogen (secondary N) is 1. The van der Waals surface area contributed by atoms with Crippen LogP contribution in [0.4, 0.5) is 18.2 Å². The molecule has 0 saturated carbocycles. The molecule has 0 aliphatic heterocycles. The van der Waals surface area contributed by atoms with E-state index in [0.29, 0.717) is 10.9 Å². The van der Waals surface area contributed by atoms with Gasteiger partial charge < -0.3 is 15.8 Å². The van der Waals surface area contributed by atoms with Crippen molar-refractivity contribution in [3.05, 3.63) is 45.3 Å². The molecule has 0 bridgehead atoms. The largest absolute Gasteiger partial charge is 0.459 e. The number of alkyl halides is 3. The molecule has 10 nitrogen and oxygen atoms in total. The normalized spacial score (nSPS) is 12.0. The predicted molar refractivity (Wildman–Crippen MR) is 138 cm³/mol. The molecule has 3 heterocycles. The van der Waals surface area contributed by atoms with Gasteiger partial charge in [-0.05, 0) is 50.3 Å². The van der Waals surface area contributed by atoms with Gasteiger partial charge >= 0.3 is 12.1 Å². The molecule has 0 spiro atoms. The van der Waals surface area contributed by atoms with Crippen molar-refractivity contribution in [2.24, 2.45) is 5.73 Å². The maximum Gasteiger partial charge on any atom is 0.433 e. The number of esters is 1. The van der Waals surface area contributed by atoms with Gasteiger partial charge in [-0.1, -0.05) is 6.07 Å². The standard InChI is InChI=1S/C23H23F3N4O6S3/c1-11(2)36-21(33)17-12(3)18(19(27)32)38-20(17)30-16(31)7-5-9-39(34,35)22-28-13(14-6-4-8-37-14)10-15(29-22)23(24,25)26/h4,6,8,10-11H,5,7,9H2,1-3H3,(H2,27,32)(H,30,31). The lowest BCUT2D eigenvalue weighted by Gasteiger charge is -2.11. The third kappa shape index (κ3) is 7.39. The molecule has 3 rings (SSSR count). The van der Waals surface area contributed by atoms with E-state index in [1.807, 2.05) is 0 Å².